The van der Waals surface area contributed by atoms with Gasteiger partial charge in [-0.1, -0.05) is 0 Å². The molecule has 2 aromatic rings. The van der Waals surface area contributed by atoms with E-state index in [0.29, 0.717) is 11.8 Å². The van der Waals surface area contributed by atoms with Crippen LogP contribution < -0.4 is 0 Å². The third-order valence-electron chi connectivity index (χ3n) is 2.77. The fourth-order valence-electron chi connectivity index (χ4n) is 1.84. The second-order valence-electron chi connectivity index (χ2n) is 3.85. The van der Waals surface area contributed by atoms with Gasteiger partial charge in [0.15, 0.2) is 5.76 Å². The van der Waals surface area contributed by atoms with Gasteiger partial charge in [0.2, 0.25) is 0 Å². The van der Waals surface area contributed by atoms with Crippen LogP contribution in [0.15, 0.2) is 22.8 Å². The number of nitrogens with zero attached hydrogens (tertiary/aromatic N) is 1. The van der Waals surface area contributed by atoms with E-state index >= 15 is 0 Å². The third-order valence-corrected chi connectivity index (χ3v) is 3.04. The number of nitrogens with one attached hydrogen (secondary N) is 1. The summed E-state index contributed by atoms with van der Waals surface area (Å²) in [7, 11) is 0. The summed E-state index contributed by atoms with van der Waals surface area (Å²) >= 11 is 5.97. The van der Waals surface area contributed by atoms with E-state index in [2.05, 4.69) is 10.2 Å². The highest BCUT2D eigenvalue weighted by atomic mass is 35.5. The number of halogens is 1. The van der Waals surface area contributed by atoms with Gasteiger partial charge in [0.25, 0.3) is 0 Å². The minimum absolute atomic E-state index is 0.484. The van der Waals surface area contributed by atoms with Gasteiger partial charge in [-0.2, -0.15) is 5.10 Å². The van der Waals surface area contributed by atoms with E-state index in [1.807, 2.05) is 12.1 Å². The summed E-state index contributed by atoms with van der Waals surface area (Å²) in [6.45, 7) is 0. The second-order valence-corrected chi connectivity index (χ2v) is 4.12. The molecule has 0 saturated heterocycles. The molecule has 1 aliphatic rings. The molecule has 1 saturated carbocycles. The molecule has 1 N–H and O–H groups in total. The molecule has 0 spiro atoms. The summed E-state index contributed by atoms with van der Waals surface area (Å²) in [4.78, 5) is 0. The van der Waals surface area contributed by atoms with Gasteiger partial charge in [0, 0.05) is 17.2 Å². The van der Waals surface area contributed by atoms with Crippen molar-refractivity contribution in [1.82, 2.24) is 10.2 Å². The fraction of sp³-hybridized carbons (Fsp3) is 0.364. The zero-order chi connectivity index (χ0) is 10.3. The maximum absolute atomic E-state index is 5.97. The molecule has 3 rings (SSSR count). The molecule has 0 bridgehead atoms. The smallest absolute Gasteiger partial charge is 0.154 e. The number of furan rings is 1. The number of hydrogen-bond acceptors (Lipinski definition) is 2. The average molecular weight is 223 g/mol. The zero-order valence-corrected chi connectivity index (χ0v) is 8.92. The lowest BCUT2D eigenvalue weighted by Crippen LogP contribution is -1.86. The summed E-state index contributed by atoms with van der Waals surface area (Å²) < 4.78 is 5.33. The molecule has 0 atom stereocenters. The maximum atomic E-state index is 5.97. The van der Waals surface area contributed by atoms with Crippen LogP contribution in [0.3, 0.4) is 0 Å². The minimum Gasteiger partial charge on any atom is -0.463 e. The Kier molecular flexibility index (Phi) is 2.06. The van der Waals surface area contributed by atoms with Crippen molar-refractivity contribution in [3.05, 3.63) is 29.7 Å². The van der Waals surface area contributed by atoms with Crippen molar-refractivity contribution in [3.63, 3.8) is 0 Å². The predicted octanol–water partition coefficient (Wildman–Crippen LogP) is 3.29. The molecule has 78 valence electrons. The van der Waals surface area contributed by atoms with Crippen molar-refractivity contribution in [1.29, 1.82) is 0 Å². The van der Waals surface area contributed by atoms with Crippen LogP contribution in [-0.2, 0) is 5.88 Å². The number of alkyl halides is 1. The van der Waals surface area contributed by atoms with Crippen LogP contribution in [0, 0.1) is 0 Å². The van der Waals surface area contributed by atoms with E-state index in [9.17, 15) is 0 Å². The standard InChI is InChI=1S/C11H11ClN2O/c12-6-8-10(7-3-4-7)13-14-11(8)9-2-1-5-15-9/h1-2,5,7H,3-4,6H2,(H,13,14). The molecule has 0 amide bonds. The lowest BCUT2D eigenvalue weighted by Gasteiger charge is -1.98. The molecule has 3 nitrogen and oxygen atoms in total. The van der Waals surface area contributed by atoms with Gasteiger partial charge >= 0.3 is 0 Å². The van der Waals surface area contributed by atoms with Crippen LogP contribution >= 0.6 is 11.6 Å². The van der Waals surface area contributed by atoms with Crippen LogP contribution in [0.25, 0.3) is 11.5 Å². The predicted molar refractivity (Wildman–Crippen MR) is 57.8 cm³/mol. The summed E-state index contributed by atoms with van der Waals surface area (Å²) in [5.74, 6) is 1.90. The molecule has 0 aliphatic heterocycles. The summed E-state index contributed by atoms with van der Waals surface area (Å²) in [6.07, 6.45) is 4.13. The quantitative estimate of drug-likeness (QED) is 0.810. The van der Waals surface area contributed by atoms with Gasteiger partial charge in [-0.15, -0.1) is 11.6 Å². The number of aromatic amines is 1. The molecular formula is C11H11ClN2O. The fourth-order valence-corrected chi connectivity index (χ4v) is 2.11. The first-order chi connectivity index (χ1) is 7.40. The Morgan fingerprint density at radius 2 is 2.40 bits per heavy atom. The second kappa shape index (κ2) is 3.42. The van der Waals surface area contributed by atoms with E-state index in [1.54, 1.807) is 6.26 Å². The van der Waals surface area contributed by atoms with Crippen molar-refractivity contribution < 1.29 is 4.42 Å². The van der Waals surface area contributed by atoms with Gasteiger partial charge in [-0.25, -0.2) is 0 Å². The third kappa shape index (κ3) is 1.47. The number of H-pyrrole nitrogens is 1. The van der Waals surface area contributed by atoms with Crippen molar-refractivity contribution in [3.8, 4) is 11.5 Å². The molecule has 0 radical (unpaired) electrons. The Morgan fingerprint density at radius 1 is 1.53 bits per heavy atom. The Morgan fingerprint density at radius 3 is 3.00 bits per heavy atom. The van der Waals surface area contributed by atoms with Crippen molar-refractivity contribution in [2.24, 2.45) is 0 Å². The normalized spacial score (nSPS) is 15.8. The molecule has 1 aliphatic carbocycles. The van der Waals surface area contributed by atoms with Crippen LogP contribution in [0.2, 0.25) is 0 Å². The number of rotatable bonds is 3. The van der Waals surface area contributed by atoms with E-state index < -0.39 is 0 Å². The molecule has 0 aromatic carbocycles. The first-order valence-electron chi connectivity index (χ1n) is 5.07. The van der Waals surface area contributed by atoms with Gasteiger partial charge in [-0.05, 0) is 25.0 Å². The van der Waals surface area contributed by atoms with Gasteiger partial charge in [0.05, 0.1) is 12.1 Å². The molecule has 0 unspecified atom stereocenters. The Balaban J connectivity index is 2.07. The molecular weight excluding hydrogens is 212 g/mol. The highest BCUT2D eigenvalue weighted by molar-refractivity contribution is 6.17. The maximum Gasteiger partial charge on any atom is 0.154 e. The Labute approximate surface area is 92.4 Å². The average Bonchev–Trinajstić information content (AvgIpc) is 2.83. The van der Waals surface area contributed by atoms with Crippen molar-refractivity contribution in [2.75, 3.05) is 0 Å². The van der Waals surface area contributed by atoms with Gasteiger partial charge in [0.1, 0.15) is 5.69 Å². The first-order valence-corrected chi connectivity index (χ1v) is 5.60. The lowest BCUT2D eigenvalue weighted by atomic mass is 10.1. The monoisotopic (exact) mass is 222 g/mol. The topological polar surface area (TPSA) is 41.8 Å². The van der Waals surface area contributed by atoms with E-state index in [-0.39, 0.29) is 0 Å². The molecule has 2 heterocycles. The highest BCUT2D eigenvalue weighted by Gasteiger charge is 2.30. The number of aromatic nitrogens is 2. The summed E-state index contributed by atoms with van der Waals surface area (Å²) in [5.41, 5.74) is 3.14. The van der Waals surface area contributed by atoms with Crippen LogP contribution in [-0.4, -0.2) is 10.2 Å². The highest BCUT2D eigenvalue weighted by Crippen LogP contribution is 2.43. The minimum atomic E-state index is 0.484. The summed E-state index contributed by atoms with van der Waals surface area (Å²) in [6, 6.07) is 3.77. The van der Waals surface area contributed by atoms with Crippen LogP contribution in [0.1, 0.15) is 30.0 Å². The van der Waals surface area contributed by atoms with Crippen LogP contribution in [0.5, 0.6) is 0 Å². The largest absolute Gasteiger partial charge is 0.463 e. The molecule has 1 fully saturated rings. The Bertz CT molecular complexity index is 457. The Hall–Kier alpha value is -1.22. The van der Waals surface area contributed by atoms with E-state index in [0.717, 1.165) is 17.0 Å². The van der Waals surface area contributed by atoms with Gasteiger partial charge < -0.3 is 4.42 Å². The van der Waals surface area contributed by atoms with E-state index in [1.165, 1.54) is 18.5 Å². The SMILES string of the molecule is ClCc1c(-c2ccco2)n[nH]c1C1CC1. The summed E-state index contributed by atoms with van der Waals surface area (Å²) in [5, 5.41) is 7.37. The first kappa shape index (κ1) is 9.04. The lowest BCUT2D eigenvalue weighted by molar-refractivity contribution is 0.579. The zero-order valence-electron chi connectivity index (χ0n) is 8.16. The molecule has 2 aromatic heterocycles. The van der Waals surface area contributed by atoms with Crippen molar-refractivity contribution in [2.45, 2.75) is 24.6 Å². The molecule has 4 heteroatoms. The number of hydrogen-bond donors (Lipinski definition) is 1. The molecule has 15 heavy (non-hydrogen) atoms. The van der Waals surface area contributed by atoms with Crippen LogP contribution in [0.4, 0.5) is 0 Å². The van der Waals surface area contributed by atoms with Gasteiger partial charge in [-0.3, -0.25) is 5.10 Å². The van der Waals surface area contributed by atoms with E-state index in [4.69, 9.17) is 16.0 Å². The van der Waals surface area contributed by atoms with Crippen molar-refractivity contribution >= 4 is 11.6 Å².